The molecule has 4 heteroatoms. The van der Waals surface area contributed by atoms with Crippen LogP contribution in [0.5, 0.6) is 5.75 Å². The monoisotopic (exact) mass is 246 g/mol. The Balaban J connectivity index is 2.12. The molecule has 0 aliphatic carbocycles. The summed E-state index contributed by atoms with van der Waals surface area (Å²) in [4.78, 5) is 11.0. The second-order valence-electron chi connectivity index (χ2n) is 3.74. The summed E-state index contributed by atoms with van der Waals surface area (Å²) in [6.45, 7) is 5.96. The van der Waals surface area contributed by atoms with E-state index in [4.69, 9.17) is 4.84 Å². The third-order valence-corrected chi connectivity index (χ3v) is 3.55. The number of benzene rings is 1. The standard InChI is InChI=1S/C13H14N2OS/c1-9-11(3)17-13(14-9)10(2)15-16-12-7-5-4-6-8-12/h4-8H,1-3H3/b15-10+. The van der Waals surface area contributed by atoms with Gasteiger partial charge in [-0.2, -0.15) is 0 Å². The smallest absolute Gasteiger partial charge is 0.157 e. The number of oxime groups is 1. The van der Waals surface area contributed by atoms with Crippen molar-refractivity contribution in [1.82, 2.24) is 4.98 Å². The molecule has 1 aromatic carbocycles. The average Bonchev–Trinajstić information content (AvgIpc) is 2.68. The molecule has 0 atom stereocenters. The lowest BCUT2D eigenvalue weighted by molar-refractivity contribution is 0.341. The van der Waals surface area contributed by atoms with Crippen LogP contribution in [0.1, 0.15) is 22.5 Å². The fourth-order valence-electron chi connectivity index (χ4n) is 1.27. The number of hydrogen-bond donors (Lipinski definition) is 0. The van der Waals surface area contributed by atoms with Crippen molar-refractivity contribution >= 4 is 17.0 Å². The van der Waals surface area contributed by atoms with E-state index in [-0.39, 0.29) is 0 Å². The minimum Gasteiger partial charge on any atom is -0.357 e. The summed E-state index contributed by atoms with van der Waals surface area (Å²) in [6.07, 6.45) is 0. The Kier molecular flexibility index (Phi) is 3.54. The van der Waals surface area contributed by atoms with Gasteiger partial charge in [0.25, 0.3) is 0 Å². The maximum absolute atomic E-state index is 5.33. The van der Waals surface area contributed by atoms with E-state index in [1.807, 2.05) is 44.2 Å². The maximum atomic E-state index is 5.33. The summed E-state index contributed by atoms with van der Waals surface area (Å²) in [5.74, 6) is 0.733. The highest BCUT2D eigenvalue weighted by Crippen LogP contribution is 2.17. The van der Waals surface area contributed by atoms with Gasteiger partial charge < -0.3 is 4.84 Å². The van der Waals surface area contributed by atoms with Crippen molar-refractivity contribution in [2.45, 2.75) is 20.8 Å². The number of hydrogen-bond acceptors (Lipinski definition) is 4. The van der Waals surface area contributed by atoms with Gasteiger partial charge >= 0.3 is 0 Å². The van der Waals surface area contributed by atoms with Gasteiger partial charge in [-0.1, -0.05) is 23.4 Å². The first kappa shape index (κ1) is 11.8. The molecule has 0 amide bonds. The first-order valence-corrected chi connectivity index (χ1v) is 6.19. The summed E-state index contributed by atoms with van der Waals surface area (Å²) in [5.41, 5.74) is 1.86. The number of para-hydroxylation sites is 1. The molecule has 2 rings (SSSR count). The number of aryl methyl sites for hydroxylation is 2. The van der Waals surface area contributed by atoms with E-state index >= 15 is 0 Å². The van der Waals surface area contributed by atoms with Gasteiger partial charge in [-0.3, -0.25) is 0 Å². The number of aromatic nitrogens is 1. The highest BCUT2D eigenvalue weighted by molar-refractivity contribution is 7.13. The van der Waals surface area contributed by atoms with E-state index < -0.39 is 0 Å². The van der Waals surface area contributed by atoms with Crippen LogP contribution >= 0.6 is 11.3 Å². The van der Waals surface area contributed by atoms with Crippen molar-refractivity contribution in [1.29, 1.82) is 0 Å². The minimum atomic E-state index is 0.733. The lowest BCUT2D eigenvalue weighted by Crippen LogP contribution is -1.97. The Morgan fingerprint density at radius 2 is 1.94 bits per heavy atom. The number of rotatable bonds is 3. The molecule has 0 fully saturated rings. The first-order valence-electron chi connectivity index (χ1n) is 5.38. The van der Waals surface area contributed by atoms with Crippen molar-refractivity contribution in [2.75, 3.05) is 0 Å². The zero-order valence-electron chi connectivity index (χ0n) is 10.1. The molecule has 0 bridgehead atoms. The summed E-state index contributed by atoms with van der Waals surface area (Å²) in [7, 11) is 0. The Labute approximate surface area is 105 Å². The molecule has 0 spiro atoms. The molecule has 1 heterocycles. The van der Waals surface area contributed by atoms with Gasteiger partial charge in [0.15, 0.2) is 5.75 Å². The molecule has 0 saturated heterocycles. The minimum absolute atomic E-state index is 0.733. The van der Waals surface area contributed by atoms with Gasteiger partial charge in [0.2, 0.25) is 0 Å². The Morgan fingerprint density at radius 1 is 1.24 bits per heavy atom. The molecule has 0 aliphatic heterocycles. The van der Waals surface area contributed by atoms with Crippen molar-refractivity contribution in [2.24, 2.45) is 5.16 Å². The Bertz CT molecular complexity index is 512. The van der Waals surface area contributed by atoms with Crippen molar-refractivity contribution in [3.8, 4) is 5.75 Å². The SMILES string of the molecule is C/C(=N\Oc1ccccc1)c1nc(C)c(C)s1. The molecule has 88 valence electrons. The molecule has 0 N–H and O–H groups in total. The van der Waals surface area contributed by atoms with E-state index in [1.54, 1.807) is 11.3 Å². The van der Waals surface area contributed by atoms with Gasteiger partial charge in [-0.25, -0.2) is 4.98 Å². The Hall–Kier alpha value is -1.68. The zero-order valence-corrected chi connectivity index (χ0v) is 10.9. The predicted molar refractivity (Wildman–Crippen MR) is 70.9 cm³/mol. The summed E-state index contributed by atoms with van der Waals surface area (Å²) in [6, 6.07) is 9.51. The highest BCUT2D eigenvalue weighted by atomic mass is 32.1. The quantitative estimate of drug-likeness (QED) is 0.613. The summed E-state index contributed by atoms with van der Waals surface area (Å²) in [5, 5.41) is 5.00. The third kappa shape index (κ3) is 2.91. The maximum Gasteiger partial charge on any atom is 0.157 e. The fourth-order valence-corrected chi connectivity index (χ4v) is 2.12. The van der Waals surface area contributed by atoms with E-state index in [0.29, 0.717) is 0 Å². The second kappa shape index (κ2) is 5.10. The van der Waals surface area contributed by atoms with Crippen LogP contribution in [0.3, 0.4) is 0 Å². The summed E-state index contributed by atoms with van der Waals surface area (Å²) >= 11 is 1.64. The fraction of sp³-hybridized carbons (Fsp3) is 0.231. The molecular formula is C13H14N2OS. The van der Waals surface area contributed by atoms with E-state index in [1.165, 1.54) is 4.88 Å². The number of thiazole rings is 1. The van der Waals surface area contributed by atoms with Crippen molar-refractivity contribution < 1.29 is 4.84 Å². The topological polar surface area (TPSA) is 34.5 Å². The van der Waals surface area contributed by atoms with E-state index in [9.17, 15) is 0 Å². The van der Waals surface area contributed by atoms with Crippen LogP contribution in [-0.4, -0.2) is 10.7 Å². The van der Waals surface area contributed by atoms with Crippen molar-refractivity contribution in [3.05, 3.63) is 45.9 Å². The van der Waals surface area contributed by atoms with Crippen LogP contribution in [0.15, 0.2) is 35.5 Å². The molecular weight excluding hydrogens is 232 g/mol. The predicted octanol–water partition coefficient (Wildman–Crippen LogP) is 3.56. The van der Waals surface area contributed by atoms with Crippen LogP contribution in [0, 0.1) is 13.8 Å². The molecule has 0 aliphatic rings. The van der Waals surface area contributed by atoms with Crippen LogP contribution in [0.4, 0.5) is 0 Å². The number of nitrogens with zero attached hydrogens (tertiary/aromatic N) is 2. The molecule has 2 aromatic rings. The van der Waals surface area contributed by atoms with Crippen LogP contribution < -0.4 is 4.84 Å². The van der Waals surface area contributed by atoms with Gasteiger partial charge in [0, 0.05) is 4.88 Å². The van der Waals surface area contributed by atoms with Gasteiger partial charge in [-0.15, -0.1) is 11.3 Å². The molecule has 0 radical (unpaired) electrons. The largest absolute Gasteiger partial charge is 0.357 e. The van der Waals surface area contributed by atoms with Crippen LogP contribution in [0.25, 0.3) is 0 Å². The second-order valence-corrected chi connectivity index (χ2v) is 4.94. The normalized spacial score (nSPS) is 11.6. The molecule has 1 aromatic heterocycles. The van der Waals surface area contributed by atoms with Crippen LogP contribution in [0.2, 0.25) is 0 Å². The first-order chi connectivity index (χ1) is 8.16. The zero-order chi connectivity index (χ0) is 12.3. The molecule has 17 heavy (non-hydrogen) atoms. The Morgan fingerprint density at radius 3 is 2.53 bits per heavy atom. The van der Waals surface area contributed by atoms with E-state index in [2.05, 4.69) is 17.1 Å². The molecule has 3 nitrogen and oxygen atoms in total. The molecule has 0 unspecified atom stereocenters. The lowest BCUT2D eigenvalue weighted by atomic mass is 10.3. The van der Waals surface area contributed by atoms with Crippen LogP contribution in [-0.2, 0) is 0 Å². The summed E-state index contributed by atoms with van der Waals surface area (Å²) < 4.78 is 0. The van der Waals surface area contributed by atoms with Gasteiger partial charge in [0.1, 0.15) is 10.7 Å². The van der Waals surface area contributed by atoms with E-state index in [0.717, 1.165) is 22.2 Å². The van der Waals surface area contributed by atoms with Gasteiger partial charge in [-0.05, 0) is 32.9 Å². The molecule has 0 saturated carbocycles. The van der Waals surface area contributed by atoms with Crippen molar-refractivity contribution in [3.63, 3.8) is 0 Å². The lowest BCUT2D eigenvalue weighted by Gasteiger charge is -1.98. The van der Waals surface area contributed by atoms with Gasteiger partial charge in [0.05, 0.1) is 5.69 Å². The third-order valence-electron chi connectivity index (χ3n) is 2.37. The average molecular weight is 246 g/mol. The highest BCUT2D eigenvalue weighted by Gasteiger charge is 2.06.